The first-order valence-electron chi connectivity index (χ1n) is 7.69. The Morgan fingerprint density at radius 2 is 1.72 bits per heavy atom. The van der Waals surface area contributed by atoms with Crippen LogP contribution in [0.2, 0.25) is 0 Å². The van der Waals surface area contributed by atoms with Gasteiger partial charge in [-0.05, 0) is 35.9 Å². The SMILES string of the molecule is COc1ccc(-c2nnc(CNCc3ccc(F)cc3)o2)cc1OC. The van der Waals surface area contributed by atoms with Crippen LogP contribution in [0.5, 0.6) is 11.5 Å². The summed E-state index contributed by atoms with van der Waals surface area (Å²) in [6, 6.07) is 11.7. The lowest BCUT2D eigenvalue weighted by Crippen LogP contribution is -2.12. The van der Waals surface area contributed by atoms with E-state index in [0.29, 0.717) is 36.4 Å². The minimum absolute atomic E-state index is 0.250. The highest BCUT2D eigenvalue weighted by molar-refractivity contribution is 5.59. The molecule has 1 N–H and O–H groups in total. The van der Waals surface area contributed by atoms with E-state index in [4.69, 9.17) is 13.9 Å². The maximum Gasteiger partial charge on any atom is 0.247 e. The predicted octanol–water partition coefficient (Wildman–Crippen LogP) is 3.18. The Balaban J connectivity index is 1.63. The number of halogens is 1. The summed E-state index contributed by atoms with van der Waals surface area (Å²) in [5.74, 6) is 1.84. The van der Waals surface area contributed by atoms with Crippen LogP contribution in [0.15, 0.2) is 46.9 Å². The fourth-order valence-corrected chi connectivity index (χ4v) is 2.33. The van der Waals surface area contributed by atoms with Crippen LogP contribution in [0, 0.1) is 5.82 Å². The molecule has 0 saturated carbocycles. The van der Waals surface area contributed by atoms with Gasteiger partial charge in [0, 0.05) is 12.1 Å². The Hall–Kier alpha value is -2.93. The van der Waals surface area contributed by atoms with E-state index in [-0.39, 0.29) is 5.82 Å². The number of hydrogen-bond acceptors (Lipinski definition) is 6. The third-order valence-corrected chi connectivity index (χ3v) is 3.62. The molecule has 0 amide bonds. The Morgan fingerprint density at radius 3 is 2.44 bits per heavy atom. The van der Waals surface area contributed by atoms with Gasteiger partial charge in [-0.3, -0.25) is 0 Å². The molecule has 3 aromatic rings. The summed E-state index contributed by atoms with van der Waals surface area (Å²) in [6.07, 6.45) is 0. The van der Waals surface area contributed by atoms with E-state index in [2.05, 4.69) is 15.5 Å². The Kier molecular flexibility index (Phi) is 5.25. The van der Waals surface area contributed by atoms with Crippen LogP contribution in [-0.2, 0) is 13.1 Å². The standard InChI is InChI=1S/C18H18FN3O3/c1-23-15-8-5-13(9-16(15)24-2)18-22-21-17(25-18)11-20-10-12-3-6-14(19)7-4-12/h3-9,20H,10-11H2,1-2H3. The second-order valence-electron chi connectivity index (χ2n) is 5.30. The van der Waals surface area contributed by atoms with Gasteiger partial charge in [-0.15, -0.1) is 10.2 Å². The van der Waals surface area contributed by atoms with E-state index >= 15 is 0 Å². The zero-order valence-corrected chi connectivity index (χ0v) is 14.0. The largest absolute Gasteiger partial charge is 0.493 e. The summed E-state index contributed by atoms with van der Waals surface area (Å²) in [6.45, 7) is 0.992. The average molecular weight is 343 g/mol. The van der Waals surface area contributed by atoms with E-state index < -0.39 is 0 Å². The Bertz CT molecular complexity index is 834. The fourth-order valence-electron chi connectivity index (χ4n) is 2.33. The number of ether oxygens (including phenoxy) is 2. The molecule has 0 radical (unpaired) electrons. The lowest BCUT2D eigenvalue weighted by atomic mass is 10.2. The van der Waals surface area contributed by atoms with Gasteiger partial charge in [-0.1, -0.05) is 12.1 Å². The van der Waals surface area contributed by atoms with Crippen LogP contribution in [0.4, 0.5) is 4.39 Å². The quantitative estimate of drug-likeness (QED) is 0.710. The lowest BCUT2D eigenvalue weighted by Gasteiger charge is -2.07. The van der Waals surface area contributed by atoms with Crippen molar-refractivity contribution in [2.24, 2.45) is 0 Å². The summed E-state index contributed by atoms with van der Waals surface area (Å²) < 4.78 is 29.0. The highest BCUT2D eigenvalue weighted by Gasteiger charge is 2.12. The third-order valence-electron chi connectivity index (χ3n) is 3.62. The van der Waals surface area contributed by atoms with E-state index in [1.54, 1.807) is 38.5 Å². The number of benzene rings is 2. The predicted molar refractivity (Wildman–Crippen MR) is 89.8 cm³/mol. The monoisotopic (exact) mass is 343 g/mol. The van der Waals surface area contributed by atoms with Crippen molar-refractivity contribution in [2.45, 2.75) is 13.1 Å². The molecule has 3 rings (SSSR count). The molecule has 25 heavy (non-hydrogen) atoms. The zero-order chi connectivity index (χ0) is 17.6. The molecule has 1 heterocycles. The molecule has 0 spiro atoms. The van der Waals surface area contributed by atoms with Gasteiger partial charge in [0.25, 0.3) is 0 Å². The second-order valence-corrected chi connectivity index (χ2v) is 5.30. The first-order chi connectivity index (χ1) is 12.2. The van der Waals surface area contributed by atoms with Crippen molar-refractivity contribution >= 4 is 0 Å². The molecule has 0 unspecified atom stereocenters. The van der Waals surface area contributed by atoms with Crippen molar-refractivity contribution < 1.29 is 18.3 Å². The molecule has 0 aliphatic carbocycles. The minimum Gasteiger partial charge on any atom is -0.493 e. The normalized spacial score (nSPS) is 10.7. The summed E-state index contributed by atoms with van der Waals surface area (Å²) in [5, 5.41) is 11.3. The highest BCUT2D eigenvalue weighted by atomic mass is 19.1. The summed E-state index contributed by atoms with van der Waals surface area (Å²) in [5.41, 5.74) is 1.72. The molecular weight excluding hydrogens is 325 g/mol. The van der Waals surface area contributed by atoms with Gasteiger partial charge in [0.15, 0.2) is 11.5 Å². The number of methoxy groups -OCH3 is 2. The third kappa shape index (κ3) is 4.13. The number of aromatic nitrogens is 2. The van der Waals surface area contributed by atoms with Crippen molar-refractivity contribution in [3.63, 3.8) is 0 Å². The van der Waals surface area contributed by atoms with Gasteiger partial charge in [-0.2, -0.15) is 0 Å². The summed E-state index contributed by atoms with van der Waals surface area (Å²) in [7, 11) is 3.15. The first-order valence-corrected chi connectivity index (χ1v) is 7.69. The number of nitrogens with zero attached hydrogens (tertiary/aromatic N) is 2. The van der Waals surface area contributed by atoms with Gasteiger partial charge in [-0.25, -0.2) is 4.39 Å². The van der Waals surface area contributed by atoms with Crippen molar-refractivity contribution in [3.8, 4) is 23.0 Å². The molecule has 6 nitrogen and oxygen atoms in total. The van der Waals surface area contributed by atoms with Crippen LogP contribution >= 0.6 is 0 Å². The maximum absolute atomic E-state index is 12.9. The van der Waals surface area contributed by atoms with Crippen molar-refractivity contribution in [2.75, 3.05) is 14.2 Å². The van der Waals surface area contributed by atoms with Crippen LogP contribution in [-0.4, -0.2) is 24.4 Å². The fraction of sp³-hybridized carbons (Fsp3) is 0.222. The molecule has 1 aromatic heterocycles. The zero-order valence-electron chi connectivity index (χ0n) is 14.0. The number of nitrogens with one attached hydrogen (secondary N) is 1. The van der Waals surface area contributed by atoms with Crippen molar-refractivity contribution in [1.29, 1.82) is 0 Å². The number of hydrogen-bond donors (Lipinski definition) is 1. The van der Waals surface area contributed by atoms with E-state index in [1.165, 1.54) is 12.1 Å². The van der Waals surface area contributed by atoms with E-state index in [0.717, 1.165) is 11.1 Å². The van der Waals surface area contributed by atoms with E-state index in [1.807, 2.05) is 6.07 Å². The topological polar surface area (TPSA) is 69.4 Å². The molecule has 0 fully saturated rings. The number of rotatable bonds is 7. The van der Waals surface area contributed by atoms with Crippen LogP contribution in [0.1, 0.15) is 11.5 Å². The van der Waals surface area contributed by atoms with E-state index in [9.17, 15) is 4.39 Å². The van der Waals surface area contributed by atoms with Gasteiger partial charge in [0.2, 0.25) is 11.8 Å². The van der Waals surface area contributed by atoms with Crippen LogP contribution in [0.25, 0.3) is 11.5 Å². The molecule has 0 aliphatic rings. The van der Waals surface area contributed by atoms with Crippen LogP contribution in [0.3, 0.4) is 0 Å². The molecular formula is C18H18FN3O3. The molecule has 130 valence electrons. The molecule has 0 aliphatic heterocycles. The Morgan fingerprint density at radius 1 is 0.960 bits per heavy atom. The Labute approximate surface area is 144 Å². The van der Waals surface area contributed by atoms with Crippen molar-refractivity contribution in [1.82, 2.24) is 15.5 Å². The van der Waals surface area contributed by atoms with Gasteiger partial charge >= 0.3 is 0 Å². The summed E-state index contributed by atoms with van der Waals surface area (Å²) in [4.78, 5) is 0. The van der Waals surface area contributed by atoms with Gasteiger partial charge < -0.3 is 19.2 Å². The highest BCUT2D eigenvalue weighted by Crippen LogP contribution is 2.31. The summed E-state index contributed by atoms with van der Waals surface area (Å²) >= 11 is 0. The lowest BCUT2D eigenvalue weighted by molar-refractivity contribution is 0.355. The van der Waals surface area contributed by atoms with Crippen molar-refractivity contribution in [3.05, 3.63) is 59.7 Å². The van der Waals surface area contributed by atoms with Crippen LogP contribution < -0.4 is 14.8 Å². The smallest absolute Gasteiger partial charge is 0.247 e. The molecule has 2 aromatic carbocycles. The second kappa shape index (κ2) is 7.76. The molecule has 0 bridgehead atoms. The average Bonchev–Trinajstić information content (AvgIpc) is 3.11. The molecule has 0 atom stereocenters. The molecule has 0 saturated heterocycles. The first kappa shape index (κ1) is 16.9. The minimum atomic E-state index is -0.250. The molecule has 7 heteroatoms. The van der Waals surface area contributed by atoms with Gasteiger partial charge in [0.05, 0.1) is 20.8 Å². The van der Waals surface area contributed by atoms with Gasteiger partial charge in [0.1, 0.15) is 5.82 Å². The maximum atomic E-state index is 12.9.